The number of nitrogens with zero attached hydrogens (tertiary/aromatic N) is 4. The van der Waals surface area contributed by atoms with Crippen molar-refractivity contribution < 1.29 is 14.9 Å². The van der Waals surface area contributed by atoms with E-state index in [0.29, 0.717) is 30.4 Å². The Hall–Kier alpha value is -3.61. The lowest BCUT2D eigenvalue weighted by Gasteiger charge is -2.09. The Labute approximate surface area is 149 Å². The molecule has 0 aliphatic carbocycles. The molecule has 2 aromatic heterocycles. The molecule has 0 unspecified atom stereocenters. The smallest absolute Gasteiger partial charge is 0.220 e. The van der Waals surface area contributed by atoms with Gasteiger partial charge in [-0.15, -0.1) is 10.2 Å². The molecule has 0 bridgehead atoms. The van der Waals surface area contributed by atoms with Crippen LogP contribution in [-0.2, 0) is 6.42 Å². The van der Waals surface area contributed by atoms with E-state index in [4.69, 9.17) is 4.74 Å². The second-order valence-corrected chi connectivity index (χ2v) is 5.77. The van der Waals surface area contributed by atoms with E-state index in [9.17, 15) is 10.2 Å². The highest BCUT2D eigenvalue weighted by Crippen LogP contribution is 2.24. The number of aromatic nitrogens is 4. The van der Waals surface area contributed by atoms with Crippen LogP contribution in [0.25, 0.3) is 17.0 Å². The highest BCUT2D eigenvalue weighted by atomic mass is 16.5. The van der Waals surface area contributed by atoms with E-state index < -0.39 is 0 Å². The minimum Gasteiger partial charge on any atom is -0.508 e. The quantitative estimate of drug-likeness (QED) is 0.576. The molecule has 0 fully saturated rings. The van der Waals surface area contributed by atoms with E-state index in [1.807, 2.05) is 12.1 Å². The Morgan fingerprint density at radius 2 is 1.54 bits per heavy atom. The molecule has 130 valence electrons. The number of aromatic hydroxyl groups is 2. The van der Waals surface area contributed by atoms with Crippen molar-refractivity contribution in [3.63, 3.8) is 0 Å². The lowest BCUT2D eigenvalue weighted by atomic mass is 10.1. The van der Waals surface area contributed by atoms with Gasteiger partial charge in [0.2, 0.25) is 5.88 Å². The Bertz CT molecular complexity index is 1030. The van der Waals surface area contributed by atoms with E-state index in [2.05, 4.69) is 15.2 Å². The Kier molecular flexibility index (Phi) is 4.10. The van der Waals surface area contributed by atoms with Crippen LogP contribution >= 0.6 is 0 Å². The fraction of sp³-hybridized carbons (Fsp3) is 0.105. The number of phenolic OH excluding ortho intramolecular Hbond substituents is 2. The maximum Gasteiger partial charge on any atom is 0.220 e. The third-order valence-corrected chi connectivity index (χ3v) is 3.99. The highest BCUT2D eigenvalue weighted by Gasteiger charge is 2.13. The summed E-state index contributed by atoms with van der Waals surface area (Å²) in [6.07, 6.45) is 3.92. The number of hydrogen-bond acceptors (Lipinski definition) is 6. The summed E-state index contributed by atoms with van der Waals surface area (Å²) in [7, 11) is 0. The zero-order valence-electron chi connectivity index (χ0n) is 13.8. The first kappa shape index (κ1) is 15.9. The van der Waals surface area contributed by atoms with E-state index in [0.717, 1.165) is 11.1 Å². The van der Waals surface area contributed by atoms with Crippen LogP contribution < -0.4 is 4.74 Å². The molecule has 4 aromatic rings. The first-order chi connectivity index (χ1) is 12.7. The van der Waals surface area contributed by atoms with Gasteiger partial charge >= 0.3 is 0 Å². The standard InChI is InChI=1S/C19H16N4O3/c24-15-5-1-13(2-6-15)9-10-26-18-12-20-11-17-21-22-19(23(17)18)14-3-7-16(25)8-4-14/h1-8,11-12,24-25H,9-10H2. The van der Waals surface area contributed by atoms with Gasteiger partial charge in [0.25, 0.3) is 0 Å². The number of hydrogen-bond donors (Lipinski definition) is 2. The van der Waals surface area contributed by atoms with Gasteiger partial charge in [0, 0.05) is 12.0 Å². The molecule has 7 nitrogen and oxygen atoms in total. The largest absolute Gasteiger partial charge is 0.508 e. The highest BCUT2D eigenvalue weighted by molar-refractivity contribution is 5.61. The van der Waals surface area contributed by atoms with Crippen molar-refractivity contribution in [2.24, 2.45) is 0 Å². The Balaban J connectivity index is 1.59. The van der Waals surface area contributed by atoms with Crippen LogP contribution in [0.15, 0.2) is 60.9 Å². The van der Waals surface area contributed by atoms with Crippen LogP contribution in [0.2, 0.25) is 0 Å². The van der Waals surface area contributed by atoms with E-state index in [1.54, 1.807) is 53.2 Å². The predicted molar refractivity (Wildman–Crippen MR) is 95.2 cm³/mol. The summed E-state index contributed by atoms with van der Waals surface area (Å²) in [5.41, 5.74) is 2.45. The molecule has 2 heterocycles. The van der Waals surface area contributed by atoms with Gasteiger partial charge in [-0.25, -0.2) is 4.40 Å². The minimum atomic E-state index is 0.189. The molecule has 7 heteroatoms. The first-order valence-corrected chi connectivity index (χ1v) is 8.10. The van der Waals surface area contributed by atoms with Gasteiger partial charge in [-0.1, -0.05) is 12.1 Å². The minimum absolute atomic E-state index is 0.189. The lowest BCUT2D eigenvalue weighted by Crippen LogP contribution is -2.06. The number of benzene rings is 2. The molecule has 0 aliphatic heterocycles. The van der Waals surface area contributed by atoms with Crippen LogP contribution in [0.1, 0.15) is 5.56 Å². The summed E-state index contributed by atoms with van der Waals surface area (Å²) in [5.74, 6) is 1.58. The molecule has 0 spiro atoms. The van der Waals surface area contributed by atoms with Crippen LogP contribution in [-0.4, -0.2) is 36.4 Å². The van der Waals surface area contributed by atoms with Gasteiger partial charge in [0.15, 0.2) is 11.5 Å². The molecular formula is C19H16N4O3. The molecule has 2 aromatic carbocycles. The van der Waals surface area contributed by atoms with E-state index >= 15 is 0 Å². The van der Waals surface area contributed by atoms with Crippen LogP contribution in [0.3, 0.4) is 0 Å². The van der Waals surface area contributed by atoms with Crippen molar-refractivity contribution in [2.75, 3.05) is 6.61 Å². The Morgan fingerprint density at radius 1 is 0.846 bits per heavy atom. The third-order valence-electron chi connectivity index (χ3n) is 3.99. The summed E-state index contributed by atoms with van der Waals surface area (Å²) in [5, 5.41) is 27.2. The van der Waals surface area contributed by atoms with Crippen molar-refractivity contribution >= 4 is 5.65 Å². The molecule has 2 N–H and O–H groups in total. The molecule has 0 atom stereocenters. The van der Waals surface area contributed by atoms with Gasteiger partial charge < -0.3 is 14.9 Å². The fourth-order valence-electron chi connectivity index (χ4n) is 2.66. The normalized spacial score (nSPS) is 10.9. The van der Waals surface area contributed by atoms with Crippen molar-refractivity contribution in [3.8, 4) is 28.8 Å². The zero-order chi connectivity index (χ0) is 17.9. The lowest BCUT2D eigenvalue weighted by molar-refractivity contribution is 0.304. The average molecular weight is 348 g/mol. The molecule has 0 amide bonds. The van der Waals surface area contributed by atoms with Gasteiger partial charge in [-0.3, -0.25) is 4.98 Å². The first-order valence-electron chi connectivity index (χ1n) is 8.10. The van der Waals surface area contributed by atoms with Crippen molar-refractivity contribution in [2.45, 2.75) is 6.42 Å². The summed E-state index contributed by atoms with van der Waals surface area (Å²) < 4.78 is 7.69. The fourth-order valence-corrected chi connectivity index (χ4v) is 2.66. The molecule has 0 aliphatic rings. The average Bonchev–Trinajstić information content (AvgIpc) is 3.09. The van der Waals surface area contributed by atoms with Gasteiger partial charge in [-0.2, -0.15) is 0 Å². The third kappa shape index (κ3) is 3.14. The summed E-state index contributed by atoms with van der Waals surface area (Å²) in [6.45, 7) is 0.443. The van der Waals surface area contributed by atoms with Crippen LogP contribution in [0.4, 0.5) is 0 Å². The predicted octanol–water partition coefficient (Wildman–Crippen LogP) is 2.82. The van der Waals surface area contributed by atoms with Crippen molar-refractivity contribution in [3.05, 3.63) is 66.5 Å². The molecule has 0 saturated carbocycles. The van der Waals surface area contributed by atoms with Gasteiger partial charge in [0.1, 0.15) is 11.5 Å². The SMILES string of the molecule is Oc1ccc(CCOc2cncc3nnc(-c4ccc(O)cc4)n23)cc1. The van der Waals surface area contributed by atoms with Gasteiger partial charge in [-0.05, 0) is 42.0 Å². The van der Waals surface area contributed by atoms with Gasteiger partial charge in [0.05, 0.1) is 19.0 Å². The number of ether oxygens (including phenoxy) is 1. The number of phenols is 2. The second-order valence-electron chi connectivity index (χ2n) is 5.77. The summed E-state index contributed by atoms with van der Waals surface area (Å²) in [6, 6.07) is 13.8. The molecule has 26 heavy (non-hydrogen) atoms. The molecule has 4 rings (SSSR count). The maximum atomic E-state index is 9.47. The molecule has 0 radical (unpaired) electrons. The summed E-state index contributed by atoms with van der Waals surface area (Å²) in [4.78, 5) is 4.15. The second kappa shape index (κ2) is 6.72. The van der Waals surface area contributed by atoms with E-state index in [-0.39, 0.29) is 11.5 Å². The molecule has 0 saturated heterocycles. The maximum absolute atomic E-state index is 9.47. The van der Waals surface area contributed by atoms with E-state index in [1.165, 1.54) is 0 Å². The van der Waals surface area contributed by atoms with Crippen molar-refractivity contribution in [1.82, 2.24) is 19.6 Å². The van der Waals surface area contributed by atoms with Crippen LogP contribution in [0, 0.1) is 0 Å². The van der Waals surface area contributed by atoms with Crippen molar-refractivity contribution in [1.29, 1.82) is 0 Å². The molecular weight excluding hydrogens is 332 g/mol. The zero-order valence-corrected chi connectivity index (χ0v) is 13.8. The monoisotopic (exact) mass is 348 g/mol. The van der Waals surface area contributed by atoms with Crippen LogP contribution in [0.5, 0.6) is 17.4 Å². The summed E-state index contributed by atoms with van der Waals surface area (Å²) >= 11 is 0. The number of fused-ring (bicyclic) bond motifs is 1. The number of rotatable bonds is 5. The Morgan fingerprint density at radius 3 is 2.27 bits per heavy atom. The topological polar surface area (TPSA) is 92.8 Å².